The molecule has 0 spiro atoms. The summed E-state index contributed by atoms with van der Waals surface area (Å²) in [6.07, 6.45) is -4.61. The van der Waals surface area contributed by atoms with Crippen molar-refractivity contribution >= 4 is 17.3 Å². The van der Waals surface area contributed by atoms with Crippen LogP contribution in [0.15, 0.2) is 58.7 Å². The van der Waals surface area contributed by atoms with Crippen LogP contribution in [0.3, 0.4) is 0 Å². The fourth-order valence-electron chi connectivity index (χ4n) is 3.71. The number of hydrogen-bond acceptors (Lipinski definition) is 4. The summed E-state index contributed by atoms with van der Waals surface area (Å²) in [7, 11) is 1.71. The fraction of sp³-hybridized carbons (Fsp3) is 0.273. The lowest BCUT2D eigenvalue weighted by atomic mass is 10.0. The molecule has 5 nitrogen and oxygen atoms in total. The second-order valence-electron chi connectivity index (χ2n) is 7.39. The molecule has 1 amide bonds. The zero-order valence-corrected chi connectivity index (χ0v) is 16.9. The van der Waals surface area contributed by atoms with Crippen molar-refractivity contribution in [2.75, 3.05) is 38.2 Å². The van der Waals surface area contributed by atoms with Crippen LogP contribution >= 0.6 is 0 Å². The van der Waals surface area contributed by atoms with Crippen molar-refractivity contribution in [3.8, 4) is 5.75 Å². The minimum atomic E-state index is -4.61. The molecule has 2 aliphatic heterocycles. The average Bonchev–Trinajstić information content (AvgIpc) is 2.98. The van der Waals surface area contributed by atoms with Crippen molar-refractivity contribution in [1.82, 2.24) is 4.90 Å². The lowest BCUT2D eigenvalue weighted by molar-refractivity contribution is -0.153. The van der Waals surface area contributed by atoms with Crippen molar-refractivity contribution < 1.29 is 31.5 Å². The van der Waals surface area contributed by atoms with Gasteiger partial charge in [-0.15, -0.1) is 0 Å². The Morgan fingerprint density at radius 3 is 2.44 bits per heavy atom. The quantitative estimate of drug-likeness (QED) is 0.662. The Labute approximate surface area is 180 Å². The zero-order valence-electron chi connectivity index (χ0n) is 16.9. The number of ether oxygens (including phenoxy) is 1. The maximum absolute atomic E-state index is 13.8. The van der Waals surface area contributed by atoms with E-state index in [2.05, 4.69) is 4.99 Å². The van der Waals surface area contributed by atoms with E-state index < -0.39 is 24.4 Å². The Kier molecular flexibility index (Phi) is 5.62. The van der Waals surface area contributed by atoms with E-state index in [1.165, 1.54) is 35.2 Å². The highest BCUT2D eigenvalue weighted by atomic mass is 19.4. The Morgan fingerprint density at radius 2 is 1.75 bits per heavy atom. The molecule has 10 heteroatoms. The monoisotopic (exact) mass is 451 g/mol. The first kappa shape index (κ1) is 21.8. The number of likely N-dealkylation sites (N-methyl/N-ethyl adjacent to an activating group) is 1. The van der Waals surface area contributed by atoms with Crippen molar-refractivity contribution in [2.24, 2.45) is 4.99 Å². The molecule has 2 aromatic rings. The molecule has 0 fully saturated rings. The molecular weight excluding hydrogens is 433 g/mol. The molecule has 32 heavy (non-hydrogen) atoms. The Morgan fingerprint density at radius 1 is 1.06 bits per heavy atom. The molecular formula is C22H18F5N3O2. The number of carbonyl (C=O) groups is 1. The van der Waals surface area contributed by atoms with Crippen LogP contribution in [-0.4, -0.2) is 56.0 Å². The molecule has 0 unspecified atom stereocenters. The van der Waals surface area contributed by atoms with Gasteiger partial charge in [0.15, 0.2) is 6.61 Å². The van der Waals surface area contributed by atoms with E-state index in [1.807, 2.05) is 0 Å². The van der Waals surface area contributed by atoms with Gasteiger partial charge in [0.1, 0.15) is 23.1 Å². The van der Waals surface area contributed by atoms with Crippen LogP contribution in [0.25, 0.3) is 0 Å². The molecule has 0 radical (unpaired) electrons. The van der Waals surface area contributed by atoms with Gasteiger partial charge >= 0.3 is 6.18 Å². The number of halogens is 5. The summed E-state index contributed by atoms with van der Waals surface area (Å²) in [5.74, 6) is -1.87. The average molecular weight is 451 g/mol. The minimum Gasteiger partial charge on any atom is -0.483 e. The third kappa shape index (κ3) is 4.30. The van der Waals surface area contributed by atoms with E-state index in [1.54, 1.807) is 11.9 Å². The summed E-state index contributed by atoms with van der Waals surface area (Å²) >= 11 is 0. The summed E-state index contributed by atoms with van der Waals surface area (Å²) in [4.78, 5) is 20.8. The summed E-state index contributed by atoms with van der Waals surface area (Å²) in [5, 5.41) is 0. The second-order valence-corrected chi connectivity index (χ2v) is 7.39. The molecule has 0 N–H and O–H groups in total. The van der Waals surface area contributed by atoms with Gasteiger partial charge < -0.3 is 14.5 Å². The van der Waals surface area contributed by atoms with E-state index in [0.717, 1.165) is 12.1 Å². The number of anilines is 1. The summed E-state index contributed by atoms with van der Waals surface area (Å²) in [6.45, 7) is -0.855. The summed E-state index contributed by atoms with van der Waals surface area (Å²) < 4.78 is 70.2. The normalized spacial score (nSPS) is 16.8. The van der Waals surface area contributed by atoms with Crippen LogP contribution in [0, 0.1) is 11.6 Å². The number of carbonyl (C=O) groups excluding carboxylic acids is 1. The van der Waals surface area contributed by atoms with Crippen molar-refractivity contribution in [1.29, 1.82) is 0 Å². The first-order valence-corrected chi connectivity index (χ1v) is 9.70. The molecule has 0 aliphatic carbocycles. The summed E-state index contributed by atoms with van der Waals surface area (Å²) in [5.41, 5.74) is 1.69. The van der Waals surface area contributed by atoms with Crippen LogP contribution in [-0.2, 0) is 4.79 Å². The molecule has 0 bridgehead atoms. The molecule has 2 heterocycles. The van der Waals surface area contributed by atoms with E-state index in [-0.39, 0.29) is 36.0 Å². The third-order valence-corrected chi connectivity index (χ3v) is 5.15. The topological polar surface area (TPSA) is 45.1 Å². The van der Waals surface area contributed by atoms with Crippen LogP contribution in [0.5, 0.6) is 5.75 Å². The Bertz CT molecular complexity index is 1110. The highest BCUT2D eigenvalue weighted by molar-refractivity contribution is 6.23. The number of hydrogen-bond donors (Lipinski definition) is 0. The zero-order chi connectivity index (χ0) is 23.0. The Balaban J connectivity index is 1.75. The van der Waals surface area contributed by atoms with E-state index in [4.69, 9.17) is 4.74 Å². The molecule has 0 atom stereocenters. The number of rotatable bonds is 4. The number of amides is 1. The molecule has 2 aliphatic rings. The second kappa shape index (κ2) is 8.25. The fourth-order valence-corrected chi connectivity index (χ4v) is 3.71. The van der Waals surface area contributed by atoms with E-state index in [9.17, 15) is 26.7 Å². The maximum atomic E-state index is 13.8. The maximum Gasteiger partial charge on any atom is 0.422 e. The van der Waals surface area contributed by atoms with Crippen LogP contribution in [0.1, 0.15) is 5.56 Å². The van der Waals surface area contributed by atoms with Gasteiger partial charge in [-0.25, -0.2) is 8.78 Å². The van der Waals surface area contributed by atoms with Gasteiger partial charge in [-0.1, -0.05) is 0 Å². The smallest absolute Gasteiger partial charge is 0.422 e. The molecule has 0 aromatic heterocycles. The lowest BCUT2D eigenvalue weighted by Gasteiger charge is -2.21. The first-order chi connectivity index (χ1) is 15.1. The van der Waals surface area contributed by atoms with Crippen molar-refractivity contribution in [3.63, 3.8) is 0 Å². The van der Waals surface area contributed by atoms with Crippen molar-refractivity contribution in [2.45, 2.75) is 6.18 Å². The lowest BCUT2D eigenvalue weighted by Crippen LogP contribution is -2.32. The van der Waals surface area contributed by atoms with E-state index >= 15 is 0 Å². The van der Waals surface area contributed by atoms with Gasteiger partial charge in [0, 0.05) is 36.5 Å². The first-order valence-electron chi connectivity index (χ1n) is 9.70. The standard InChI is InChI=1S/C22H18F5N3O2/c1-29-9-8-28-19(16-7-4-14(24)10-18(16)32-12-22(25,26)27)17-11-30(21(31)20(17)29)15-5-2-13(23)3-6-15/h2-7,10H,8-9,11-12H2,1H3. The number of benzene rings is 2. The van der Waals surface area contributed by atoms with Gasteiger partial charge in [-0.2, -0.15) is 13.2 Å². The minimum absolute atomic E-state index is 0.0685. The van der Waals surface area contributed by atoms with Gasteiger partial charge in [0.2, 0.25) is 0 Å². The summed E-state index contributed by atoms with van der Waals surface area (Å²) in [6, 6.07) is 8.65. The van der Waals surface area contributed by atoms with Gasteiger partial charge in [0.25, 0.3) is 5.91 Å². The number of alkyl halides is 3. The molecule has 0 saturated heterocycles. The Hall–Kier alpha value is -3.43. The molecule has 168 valence electrons. The van der Waals surface area contributed by atoms with Crippen LogP contribution in [0.4, 0.5) is 27.6 Å². The molecule has 4 rings (SSSR count). The SMILES string of the molecule is CN1CCN=C(c2ccc(F)cc2OCC(F)(F)F)C2=C1C(=O)N(c1ccc(F)cc1)C2. The predicted octanol–water partition coefficient (Wildman–Crippen LogP) is 3.94. The van der Waals surface area contributed by atoms with Crippen LogP contribution in [0.2, 0.25) is 0 Å². The number of aliphatic imine (C=N–C) groups is 1. The van der Waals surface area contributed by atoms with Crippen LogP contribution < -0.4 is 9.64 Å². The molecule has 2 aromatic carbocycles. The van der Waals surface area contributed by atoms with Gasteiger partial charge in [-0.05, 0) is 36.4 Å². The van der Waals surface area contributed by atoms with Gasteiger partial charge in [-0.3, -0.25) is 9.79 Å². The van der Waals surface area contributed by atoms with E-state index in [0.29, 0.717) is 23.5 Å². The van der Waals surface area contributed by atoms with Crippen molar-refractivity contribution in [3.05, 3.63) is 70.9 Å². The highest BCUT2D eigenvalue weighted by Crippen LogP contribution is 2.34. The predicted molar refractivity (Wildman–Crippen MR) is 108 cm³/mol. The molecule has 0 saturated carbocycles. The van der Waals surface area contributed by atoms with Gasteiger partial charge in [0.05, 0.1) is 18.8 Å². The number of nitrogens with zero attached hydrogens (tertiary/aromatic N) is 3. The highest BCUT2D eigenvalue weighted by Gasteiger charge is 2.38. The largest absolute Gasteiger partial charge is 0.483 e. The third-order valence-electron chi connectivity index (χ3n) is 5.15.